The van der Waals surface area contributed by atoms with Crippen molar-refractivity contribution in [1.82, 2.24) is 9.80 Å². The monoisotopic (exact) mass is 599 g/mol. The number of anilines is 1. The summed E-state index contributed by atoms with van der Waals surface area (Å²) in [7, 11) is 7.89. The molecule has 0 unspecified atom stereocenters. The third-order valence-electron chi connectivity index (χ3n) is 6.77. The Hall–Kier alpha value is -3.96. The standard InChI is InChI=1S/C31H41N3O7S/c1-22-11-15-42-29(22)20-33(13-10-23-8-9-27(40-5)28(16-23)41-6)30(35)21-34(12-7-14-37-2)31(36)32-24-17-25(38-3)19-26(18-24)39-4/h8-9,11,15-19H,7,10,12-14,20-21H2,1-6H3,(H,32,36). The summed E-state index contributed by atoms with van der Waals surface area (Å²) in [6.45, 7) is 3.67. The molecular formula is C31H41N3O7S. The number of ether oxygens (including phenoxy) is 5. The number of nitrogens with one attached hydrogen (secondary N) is 1. The third kappa shape index (κ3) is 9.28. The summed E-state index contributed by atoms with van der Waals surface area (Å²) < 4.78 is 26.7. The van der Waals surface area contributed by atoms with Gasteiger partial charge in [-0.25, -0.2) is 4.79 Å². The molecule has 0 fully saturated rings. The fourth-order valence-corrected chi connectivity index (χ4v) is 5.25. The van der Waals surface area contributed by atoms with Gasteiger partial charge in [0.15, 0.2) is 11.5 Å². The lowest BCUT2D eigenvalue weighted by atomic mass is 10.1. The molecule has 228 valence electrons. The molecule has 42 heavy (non-hydrogen) atoms. The van der Waals surface area contributed by atoms with Gasteiger partial charge in [-0.15, -0.1) is 11.3 Å². The van der Waals surface area contributed by atoms with Crippen molar-refractivity contribution >= 4 is 29.0 Å². The predicted octanol–water partition coefficient (Wildman–Crippen LogP) is 5.23. The maximum absolute atomic E-state index is 13.8. The molecule has 0 radical (unpaired) electrons. The van der Waals surface area contributed by atoms with E-state index < -0.39 is 6.03 Å². The van der Waals surface area contributed by atoms with Crippen LogP contribution in [0.5, 0.6) is 23.0 Å². The minimum Gasteiger partial charge on any atom is -0.497 e. The van der Waals surface area contributed by atoms with Crippen LogP contribution in [0.4, 0.5) is 10.5 Å². The second-order valence-corrected chi connectivity index (χ2v) is 10.6. The molecule has 0 bridgehead atoms. The van der Waals surface area contributed by atoms with Gasteiger partial charge in [0.2, 0.25) is 5.91 Å². The molecule has 0 saturated heterocycles. The lowest BCUT2D eigenvalue weighted by Gasteiger charge is -2.28. The Kier molecular flexibility index (Phi) is 12.8. The van der Waals surface area contributed by atoms with E-state index in [0.717, 1.165) is 16.0 Å². The molecule has 1 N–H and O–H groups in total. The molecular weight excluding hydrogens is 558 g/mol. The maximum atomic E-state index is 13.8. The zero-order chi connectivity index (χ0) is 30.5. The molecule has 3 aromatic rings. The van der Waals surface area contributed by atoms with Crippen LogP contribution in [0.25, 0.3) is 0 Å². The van der Waals surface area contributed by atoms with Gasteiger partial charge in [-0.3, -0.25) is 4.79 Å². The molecule has 0 atom stereocenters. The Morgan fingerprint density at radius 1 is 0.833 bits per heavy atom. The molecule has 11 heteroatoms. The van der Waals surface area contributed by atoms with Gasteiger partial charge < -0.3 is 38.8 Å². The molecule has 0 aliphatic rings. The Balaban J connectivity index is 1.80. The van der Waals surface area contributed by atoms with E-state index in [4.69, 9.17) is 23.7 Å². The van der Waals surface area contributed by atoms with Crippen LogP contribution in [-0.2, 0) is 22.5 Å². The van der Waals surface area contributed by atoms with Gasteiger partial charge in [-0.05, 0) is 54.5 Å². The molecule has 0 aliphatic heterocycles. The number of thiophene rings is 1. The van der Waals surface area contributed by atoms with E-state index in [9.17, 15) is 9.59 Å². The summed E-state index contributed by atoms with van der Waals surface area (Å²) in [6.07, 6.45) is 1.18. The van der Waals surface area contributed by atoms with Crippen LogP contribution >= 0.6 is 11.3 Å². The minimum absolute atomic E-state index is 0.0903. The van der Waals surface area contributed by atoms with Crippen molar-refractivity contribution in [3.8, 4) is 23.0 Å². The molecule has 0 aliphatic carbocycles. The average molecular weight is 600 g/mol. The van der Waals surface area contributed by atoms with Crippen molar-refractivity contribution in [2.24, 2.45) is 0 Å². The first kappa shape index (κ1) is 32.6. The summed E-state index contributed by atoms with van der Waals surface area (Å²) in [6, 6.07) is 12.5. The SMILES string of the molecule is COCCCN(CC(=O)N(CCc1ccc(OC)c(OC)c1)Cc1sccc1C)C(=O)Nc1cc(OC)cc(OC)c1. The van der Waals surface area contributed by atoms with Crippen LogP contribution in [0.1, 0.15) is 22.4 Å². The van der Waals surface area contributed by atoms with Crippen molar-refractivity contribution in [1.29, 1.82) is 0 Å². The number of hydrogen-bond acceptors (Lipinski definition) is 8. The highest BCUT2D eigenvalue weighted by Crippen LogP contribution is 2.28. The zero-order valence-corrected chi connectivity index (χ0v) is 26.0. The van der Waals surface area contributed by atoms with Crippen LogP contribution < -0.4 is 24.3 Å². The Labute approximate surface area is 252 Å². The first-order valence-corrected chi connectivity index (χ1v) is 14.5. The van der Waals surface area contributed by atoms with E-state index in [1.165, 1.54) is 4.90 Å². The van der Waals surface area contributed by atoms with E-state index in [2.05, 4.69) is 5.32 Å². The summed E-state index contributed by atoms with van der Waals surface area (Å²) in [5, 5.41) is 4.91. The smallest absolute Gasteiger partial charge is 0.322 e. The normalized spacial score (nSPS) is 10.6. The number of nitrogens with zero attached hydrogens (tertiary/aromatic N) is 2. The minimum atomic E-state index is -0.401. The van der Waals surface area contributed by atoms with Gasteiger partial charge in [-0.1, -0.05) is 6.07 Å². The summed E-state index contributed by atoms with van der Waals surface area (Å²) in [5.74, 6) is 2.21. The topological polar surface area (TPSA) is 98.8 Å². The van der Waals surface area contributed by atoms with Crippen molar-refractivity contribution in [2.75, 3.05) is 67.1 Å². The Bertz CT molecular complexity index is 1290. The molecule has 0 spiro atoms. The number of carbonyl (C=O) groups excluding carboxylic acids is 2. The van der Waals surface area contributed by atoms with Crippen molar-refractivity contribution in [3.63, 3.8) is 0 Å². The van der Waals surface area contributed by atoms with E-state index >= 15 is 0 Å². The van der Waals surface area contributed by atoms with E-state index in [0.29, 0.717) is 67.8 Å². The highest BCUT2D eigenvalue weighted by atomic mass is 32.1. The second kappa shape index (κ2) is 16.5. The number of urea groups is 1. The second-order valence-electron chi connectivity index (χ2n) is 9.58. The number of methoxy groups -OCH3 is 5. The average Bonchev–Trinajstić information content (AvgIpc) is 3.41. The third-order valence-corrected chi connectivity index (χ3v) is 7.77. The summed E-state index contributed by atoms with van der Waals surface area (Å²) in [4.78, 5) is 31.7. The quantitative estimate of drug-likeness (QED) is 0.225. The van der Waals surface area contributed by atoms with Gasteiger partial charge in [-0.2, -0.15) is 0 Å². The van der Waals surface area contributed by atoms with E-state index in [1.54, 1.807) is 70.0 Å². The molecule has 0 saturated carbocycles. The number of benzene rings is 2. The number of rotatable bonds is 16. The van der Waals surface area contributed by atoms with Crippen LogP contribution in [0.3, 0.4) is 0 Å². The van der Waals surface area contributed by atoms with Crippen LogP contribution in [-0.4, -0.2) is 83.5 Å². The van der Waals surface area contributed by atoms with Gasteiger partial charge in [0.1, 0.15) is 18.0 Å². The van der Waals surface area contributed by atoms with Gasteiger partial charge in [0.25, 0.3) is 0 Å². The van der Waals surface area contributed by atoms with Crippen LogP contribution in [0.2, 0.25) is 0 Å². The first-order chi connectivity index (χ1) is 20.3. The van der Waals surface area contributed by atoms with Gasteiger partial charge >= 0.3 is 6.03 Å². The molecule has 2 aromatic carbocycles. The predicted molar refractivity (Wildman–Crippen MR) is 164 cm³/mol. The Morgan fingerprint density at radius 2 is 1.55 bits per heavy atom. The number of hydrogen-bond donors (Lipinski definition) is 1. The molecule has 1 aromatic heterocycles. The highest BCUT2D eigenvalue weighted by Gasteiger charge is 2.23. The summed E-state index contributed by atoms with van der Waals surface area (Å²) >= 11 is 1.62. The number of amides is 3. The molecule has 3 rings (SSSR count). The summed E-state index contributed by atoms with van der Waals surface area (Å²) in [5.41, 5.74) is 2.64. The largest absolute Gasteiger partial charge is 0.497 e. The fourth-order valence-electron chi connectivity index (χ4n) is 4.33. The van der Waals surface area contributed by atoms with Gasteiger partial charge in [0.05, 0.1) is 35.0 Å². The first-order valence-electron chi connectivity index (χ1n) is 13.6. The van der Waals surface area contributed by atoms with Crippen LogP contribution in [0.15, 0.2) is 47.8 Å². The highest BCUT2D eigenvalue weighted by molar-refractivity contribution is 7.10. The lowest BCUT2D eigenvalue weighted by molar-refractivity contribution is -0.132. The van der Waals surface area contributed by atoms with Crippen molar-refractivity contribution < 1.29 is 33.3 Å². The van der Waals surface area contributed by atoms with Crippen molar-refractivity contribution in [2.45, 2.75) is 26.3 Å². The number of aryl methyl sites for hydroxylation is 1. The van der Waals surface area contributed by atoms with Gasteiger partial charge in [0, 0.05) is 55.6 Å². The molecule has 3 amide bonds. The fraction of sp³-hybridized carbons (Fsp3) is 0.419. The van der Waals surface area contributed by atoms with Crippen molar-refractivity contribution in [3.05, 3.63) is 63.8 Å². The van der Waals surface area contributed by atoms with Crippen LogP contribution in [0, 0.1) is 6.92 Å². The zero-order valence-electron chi connectivity index (χ0n) is 25.2. The molecule has 1 heterocycles. The maximum Gasteiger partial charge on any atom is 0.322 e. The Morgan fingerprint density at radius 3 is 2.14 bits per heavy atom. The van der Waals surface area contributed by atoms with E-state index in [-0.39, 0.29) is 12.5 Å². The number of carbonyl (C=O) groups is 2. The lowest BCUT2D eigenvalue weighted by Crippen LogP contribution is -2.45. The van der Waals surface area contributed by atoms with E-state index in [1.807, 2.05) is 36.6 Å². The molecule has 10 nitrogen and oxygen atoms in total.